The first kappa shape index (κ1) is 21.4. The molecule has 1 N–H and O–H groups in total. The van der Waals surface area contributed by atoms with Gasteiger partial charge in [-0.05, 0) is 69.1 Å². The van der Waals surface area contributed by atoms with Gasteiger partial charge in [-0.2, -0.15) is 0 Å². The van der Waals surface area contributed by atoms with E-state index in [1.165, 1.54) is 44.8 Å². The Kier molecular flexibility index (Phi) is 6.79. The molecule has 1 aromatic rings. The van der Waals surface area contributed by atoms with Crippen molar-refractivity contribution in [2.75, 3.05) is 13.1 Å². The Morgan fingerprint density at radius 1 is 1.17 bits per heavy atom. The van der Waals surface area contributed by atoms with E-state index in [2.05, 4.69) is 24.1 Å². The van der Waals surface area contributed by atoms with Crippen LogP contribution >= 0.6 is 0 Å². The number of carbonyl (C=O) groups is 2. The van der Waals surface area contributed by atoms with E-state index in [4.69, 9.17) is 4.42 Å². The lowest BCUT2D eigenvalue weighted by Crippen LogP contribution is -2.46. The lowest BCUT2D eigenvalue weighted by molar-refractivity contribution is -0.134. The maximum Gasteiger partial charge on any atom is 0.273 e. The lowest BCUT2D eigenvalue weighted by Gasteiger charge is -2.36. The third-order valence-electron chi connectivity index (χ3n) is 7.41. The molecule has 0 spiro atoms. The van der Waals surface area contributed by atoms with Gasteiger partial charge in [0.25, 0.3) is 5.91 Å². The summed E-state index contributed by atoms with van der Waals surface area (Å²) >= 11 is 0. The van der Waals surface area contributed by atoms with Crippen LogP contribution in [0.1, 0.15) is 88.0 Å². The van der Waals surface area contributed by atoms with E-state index < -0.39 is 0 Å². The maximum atomic E-state index is 12.7. The Morgan fingerprint density at radius 2 is 1.93 bits per heavy atom. The first-order chi connectivity index (χ1) is 14.5. The van der Waals surface area contributed by atoms with Gasteiger partial charge in [0.15, 0.2) is 11.6 Å². The van der Waals surface area contributed by atoms with Gasteiger partial charge in [0.05, 0.1) is 0 Å². The monoisotopic (exact) mass is 415 g/mol. The van der Waals surface area contributed by atoms with E-state index >= 15 is 0 Å². The Hall–Kier alpha value is -1.85. The van der Waals surface area contributed by atoms with Crippen LogP contribution in [0.5, 0.6) is 0 Å². The summed E-state index contributed by atoms with van der Waals surface area (Å²) in [7, 11) is 0. The number of aromatic nitrogens is 1. The third kappa shape index (κ3) is 5.64. The molecule has 2 unspecified atom stereocenters. The van der Waals surface area contributed by atoms with Gasteiger partial charge in [0.2, 0.25) is 5.91 Å². The summed E-state index contributed by atoms with van der Waals surface area (Å²) in [5.41, 5.74) is 0.381. The van der Waals surface area contributed by atoms with Crippen LogP contribution in [-0.2, 0) is 11.2 Å². The molecule has 2 amide bonds. The molecule has 1 aliphatic heterocycles. The predicted octanol–water partition coefficient (Wildman–Crippen LogP) is 4.20. The lowest BCUT2D eigenvalue weighted by atomic mass is 9.80. The number of nitrogens with zero attached hydrogens (tertiary/aromatic N) is 2. The SMILES string of the molecule is CC1CCCC(CC(=O)N2CCC([C@@H](C)NC(=O)c3coc(CC4CC4)n3)CC2)C1. The number of hydrogen-bond acceptors (Lipinski definition) is 4. The molecule has 30 heavy (non-hydrogen) atoms. The van der Waals surface area contributed by atoms with Crippen molar-refractivity contribution in [3.63, 3.8) is 0 Å². The quantitative estimate of drug-likeness (QED) is 0.724. The third-order valence-corrected chi connectivity index (χ3v) is 7.41. The number of piperidine rings is 1. The normalized spacial score (nSPS) is 26.4. The number of nitrogens with one attached hydrogen (secondary N) is 1. The minimum absolute atomic E-state index is 0.0672. The minimum Gasteiger partial charge on any atom is -0.448 e. The molecule has 3 fully saturated rings. The van der Waals surface area contributed by atoms with Gasteiger partial charge in [0, 0.05) is 32.0 Å². The maximum absolute atomic E-state index is 12.7. The van der Waals surface area contributed by atoms with E-state index in [1.807, 2.05) is 4.90 Å². The number of rotatable bonds is 7. The summed E-state index contributed by atoms with van der Waals surface area (Å²) in [5.74, 6) is 3.27. The van der Waals surface area contributed by atoms with Crippen LogP contribution in [0.2, 0.25) is 0 Å². The molecule has 1 saturated heterocycles. The zero-order valence-corrected chi connectivity index (χ0v) is 18.6. The fraction of sp³-hybridized carbons (Fsp3) is 0.792. The number of carbonyl (C=O) groups excluding carboxylic acids is 2. The molecule has 0 bridgehead atoms. The second kappa shape index (κ2) is 9.52. The second-order valence-corrected chi connectivity index (χ2v) is 10.1. The highest BCUT2D eigenvalue weighted by Gasteiger charge is 2.30. The van der Waals surface area contributed by atoms with Crippen LogP contribution in [-0.4, -0.2) is 40.8 Å². The number of oxazole rings is 1. The largest absolute Gasteiger partial charge is 0.448 e. The summed E-state index contributed by atoms with van der Waals surface area (Å²) in [6, 6.07) is 0.0672. The highest BCUT2D eigenvalue weighted by Crippen LogP contribution is 2.33. The fourth-order valence-corrected chi connectivity index (χ4v) is 5.25. The molecule has 0 radical (unpaired) electrons. The van der Waals surface area contributed by atoms with Crippen LogP contribution in [0, 0.1) is 23.7 Å². The van der Waals surface area contributed by atoms with Crippen LogP contribution in [0.3, 0.4) is 0 Å². The van der Waals surface area contributed by atoms with Gasteiger partial charge in [-0.1, -0.05) is 19.8 Å². The first-order valence-corrected chi connectivity index (χ1v) is 12.0. The molecular formula is C24H37N3O3. The summed E-state index contributed by atoms with van der Waals surface area (Å²) in [6.45, 7) is 5.99. The smallest absolute Gasteiger partial charge is 0.273 e. The van der Waals surface area contributed by atoms with Crippen LogP contribution in [0.4, 0.5) is 0 Å². The van der Waals surface area contributed by atoms with Gasteiger partial charge < -0.3 is 14.6 Å². The van der Waals surface area contributed by atoms with E-state index in [0.717, 1.165) is 44.7 Å². The fourth-order valence-electron chi connectivity index (χ4n) is 5.25. The summed E-state index contributed by atoms with van der Waals surface area (Å²) in [5, 5.41) is 3.10. The van der Waals surface area contributed by atoms with Crippen molar-refractivity contribution < 1.29 is 14.0 Å². The van der Waals surface area contributed by atoms with Crippen molar-refractivity contribution in [1.29, 1.82) is 0 Å². The molecule has 4 rings (SSSR count). The van der Waals surface area contributed by atoms with Gasteiger partial charge in [-0.25, -0.2) is 4.98 Å². The predicted molar refractivity (Wildman–Crippen MR) is 115 cm³/mol. The topological polar surface area (TPSA) is 75.4 Å². The minimum atomic E-state index is -0.154. The van der Waals surface area contributed by atoms with E-state index in [0.29, 0.717) is 35.2 Å². The number of hydrogen-bond donors (Lipinski definition) is 1. The van der Waals surface area contributed by atoms with E-state index in [1.54, 1.807) is 0 Å². The van der Waals surface area contributed by atoms with Crippen molar-refractivity contribution in [2.45, 2.75) is 84.1 Å². The molecule has 0 aromatic carbocycles. The van der Waals surface area contributed by atoms with E-state index in [9.17, 15) is 9.59 Å². The molecule has 2 aliphatic carbocycles. The van der Waals surface area contributed by atoms with Gasteiger partial charge in [0.1, 0.15) is 6.26 Å². The van der Waals surface area contributed by atoms with Gasteiger partial charge in [-0.3, -0.25) is 9.59 Å². The zero-order chi connectivity index (χ0) is 21.1. The molecule has 1 aromatic heterocycles. The number of amides is 2. The molecule has 2 saturated carbocycles. The molecule has 3 aliphatic rings. The van der Waals surface area contributed by atoms with Crippen LogP contribution < -0.4 is 5.32 Å². The number of likely N-dealkylation sites (tertiary alicyclic amines) is 1. The average molecular weight is 416 g/mol. The second-order valence-electron chi connectivity index (χ2n) is 10.1. The van der Waals surface area contributed by atoms with Gasteiger partial charge >= 0.3 is 0 Å². The Morgan fingerprint density at radius 3 is 2.63 bits per heavy atom. The Bertz CT molecular complexity index is 734. The molecule has 6 nitrogen and oxygen atoms in total. The zero-order valence-electron chi connectivity index (χ0n) is 18.6. The van der Waals surface area contributed by atoms with Crippen molar-refractivity contribution in [1.82, 2.24) is 15.2 Å². The molecule has 166 valence electrons. The highest BCUT2D eigenvalue weighted by atomic mass is 16.3. The molecule has 2 heterocycles. The van der Waals surface area contributed by atoms with Crippen molar-refractivity contribution in [3.8, 4) is 0 Å². The average Bonchev–Trinajstić information content (AvgIpc) is 3.42. The van der Waals surface area contributed by atoms with E-state index in [-0.39, 0.29) is 11.9 Å². The standard InChI is InChI=1S/C24H37N3O3/c1-16-4-3-5-19(12-16)14-23(28)27-10-8-20(9-11-27)17(2)25-24(29)21-15-30-22(26-21)13-18-6-7-18/h15-20H,3-14H2,1-2H3,(H,25,29)/t16?,17-,19?/m1/s1. The summed E-state index contributed by atoms with van der Waals surface area (Å²) < 4.78 is 5.46. The molecule has 3 atom stereocenters. The highest BCUT2D eigenvalue weighted by molar-refractivity contribution is 5.92. The summed E-state index contributed by atoms with van der Waals surface area (Å²) in [6.07, 6.45) is 12.4. The molecule has 6 heteroatoms. The Labute approximate surface area is 180 Å². The first-order valence-electron chi connectivity index (χ1n) is 12.0. The van der Waals surface area contributed by atoms with Crippen LogP contribution in [0.15, 0.2) is 10.7 Å². The Balaban J connectivity index is 1.20. The van der Waals surface area contributed by atoms with Crippen LogP contribution in [0.25, 0.3) is 0 Å². The van der Waals surface area contributed by atoms with Crippen molar-refractivity contribution in [3.05, 3.63) is 17.8 Å². The summed E-state index contributed by atoms with van der Waals surface area (Å²) in [4.78, 5) is 31.7. The van der Waals surface area contributed by atoms with Gasteiger partial charge in [-0.15, -0.1) is 0 Å². The van der Waals surface area contributed by atoms with Crippen molar-refractivity contribution in [2.24, 2.45) is 23.7 Å². The molecular weight excluding hydrogens is 378 g/mol. The van der Waals surface area contributed by atoms with Crippen molar-refractivity contribution >= 4 is 11.8 Å².